The molecule has 0 bridgehead atoms. The van der Waals surface area contributed by atoms with Gasteiger partial charge < -0.3 is 15.8 Å². The first-order valence-corrected chi connectivity index (χ1v) is 8.11. The Bertz CT molecular complexity index is 643. The number of nitrogens with two attached hydrogens (primary N) is 1. The number of rotatable bonds is 3. The van der Waals surface area contributed by atoms with Crippen molar-refractivity contribution in [1.29, 1.82) is 0 Å². The Morgan fingerprint density at radius 2 is 2.00 bits per heavy atom. The zero-order chi connectivity index (χ0) is 14.8. The van der Waals surface area contributed by atoms with Crippen molar-refractivity contribution in [2.24, 2.45) is 0 Å². The van der Waals surface area contributed by atoms with E-state index in [0.717, 1.165) is 40.2 Å². The molecule has 0 saturated heterocycles. The van der Waals surface area contributed by atoms with Crippen molar-refractivity contribution in [1.82, 2.24) is 15.0 Å². The van der Waals surface area contributed by atoms with Gasteiger partial charge in [0.2, 0.25) is 5.95 Å². The summed E-state index contributed by atoms with van der Waals surface area (Å²) < 4.78 is 6.37. The van der Waals surface area contributed by atoms with E-state index in [4.69, 9.17) is 10.5 Å². The molecule has 0 unspecified atom stereocenters. The van der Waals surface area contributed by atoms with Crippen LogP contribution in [0.25, 0.3) is 10.9 Å². The van der Waals surface area contributed by atoms with E-state index in [1.54, 1.807) is 19.5 Å². The van der Waals surface area contributed by atoms with Crippen molar-refractivity contribution in [2.75, 3.05) is 18.2 Å². The van der Waals surface area contributed by atoms with Crippen molar-refractivity contribution in [3.05, 3.63) is 16.0 Å². The van der Waals surface area contributed by atoms with Crippen LogP contribution in [0.5, 0.6) is 0 Å². The monoisotopic (exact) mass is 399 g/mol. The number of halogens is 1. The van der Waals surface area contributed by atoms with Gasteiger partial charge in [-0.15, -0.1) is 0 Å². The lowest BCUT2D eigenvalue weighted by Gasteiger charge is -2.28. The predicted molar refractivity (Wildman–Crippen MR) is 91.1 cm³/mol. The maximum Gasteiger partial charge on any atom is 0.223 e. The topological polar surface area (TPSA) is 86.0 Å². The molecule has 1 saturated carbocycles. The summed E-state index contributed by atoms with van der Waals surface area (Å²) in [6.07, 6.45) is 8.19. The number of aromatic nitrogens is 3. The van der Waals surface area contributed by atoms with Gasteiger partial charge in [-0.1, -0.05) is 0 Å². The van der Waals surface area contributed by atoms with E-state index in [0.29, 0.717) is 23.9 Å². The molecule has 3 rings (SSSR count). The number of fused-ring (bicyclic) bond motifs is 1. The Morgan fingerprint density at radius 3 is 2.71 bits per heavy atom. The van der Waals surface area contributed by atoms with Crippen molar-refractivity contribution in [2.45, 2.75) is 37.8 Å². The molecule has 0 aromatic carbocycles. The van der Waals surface area contributed by atoms with Crippen LogP contribution in [0.15, 0.2) is 12.4 Å². The molecule has 0 aliphatic heterocycles. The van der Waals surface area contributed by atoms with E-state index in [9.17, 15) is 0 Å². The minimum absolute atomic E-state index is 0.396. The van der Waals surface area contributed by atoms with Crippen molar-refractivity contribution in [3.63, 3.8) is 0 Å². The molecule has 0 amide bonds. The maximum atomic E-state index is 5.86. The molecule has 2 heterocycles. The molecule has 0 atom stereocenters. The molecule has 0 radical (unpaired) electrons. The van der Waals surface area contributed by atoms with Gasteiger partial charge in [-0.05, 0) is 48.3 Å². The largest absolute Gasteiger partial charge is 0.383 e. The fraction of sp³-hybridized carbons (Fsp3) is 0.500. The standard InChI is InChI=1S/C14H18IN5O/c1-21-9-4-2-8(3-5-9)19-14-18-6-10-12(20-14)11(15)7-17-13(10)16/h6-9H,2-5H2,1H3,(H2,16,17)(H,18,19,20)/t8-,9-. The van der Waals surface area contributed by atoms with Gasteiger partial charge >= 0.3 is 0 Å². The summed E-state index contributed by atoms with van der Waals surface area (Å²) >= 11 is 2.22. The van der Waals surface area contributed by atoms with Crippen LogP contribution in [0.3, 0.4) is 0 Å². The SMILES string of the molecule is CO[C@H]1CC[C@H](Nc2ncc3c(N)ncc(I)c3n2)CC1. The summed E-state index contributed by atoms with van der Waals surface area (Å²) in [5.74, 6) is 1.13. The van der Waals surface area contributed by atoms with Crippen molar-refractivity contribution in [3.8, 4) is 0 Å². The van der Waals surface area contributed by atoms with E-state index >= 15 is 0 Å². The van der Waals surface area contributed by atoms with Gasteiger partial charge in [-0.2, -0.15) is 0 Å². The molecular weight excluding hydrogens is 381 g/mol. The zero-order valence-electron chi connectivity index (χ0n) is 11.8. The molecular formula is C14H18IN5O. The first-order valence-electron chi connectivity index (χ1n) is 7.03. The van der Waals surface area contributed by atoms with Crippen LogP contribution in [0.1, 0.15) is 25.7 Å². The van der Waals surface area contributed by atoms with Crippen LogP contribution in [-0.4, -0.2) is 34.2 Å². The fourth-order valence-electron chi connectivity index (χ4n) is 2.70. The van der Waals surface area contributed by atoms with E-state index in [2.05, 4.69) is 42.9 Å². The van der Waals surface area contributed by atoms with E-state index < -0.39 is 0 Å². The summed E-state index contributed by atoms with van der Waals surface area (Å²) in [7, 11) is 1.78. The number of nitrogen functional groups attached to an aromatic ring is 1. The Kier molecular flexibility index (Phi) is 4.39. The molecule has 2 aromatic rings. The van der Waals surface area contributed by atoms with Crippen molar-refractivity contribution >= 4 is 45.3 Å². The summed E-state index contributed by atoms with van der Waals surface area (Å²) in [6, 6.07) is 0.408. The third-order valence-corrected chi connectivity index (χ3v) is 4.74. The fourth-order valence-corrected chi connectivity index (χ4v) is 3.25. The van der Waals surface area contributed by atoms with Gasteiger partial charge in [0.05, 0.1) is 20.6 Å². The summed E-state index contributed by atoms with van der Waals surface area (Å²) in [5, 5.41) is 4.22. The molecule has 7 heteroatoms. The van der Waals surface area contributed by atoms with Gasteiger partial charge in [0.15, 0.2) is 0 Å². The average molecular weight is 399 g/mol. The number of hydrogen-bond donors (Lipinski definition) is 2. The second-order valence-corrected chi connectivity index (χ2v) is 6.46. The molecule has 3 N–H and O–H groups in total. The number of pyridine rings is 1. The van der Waals surface area contributed by atoms with Gasteiger partial charge in [0, 0.05) is 25.5 Å². The van der Waals surface area contributed by atoms with Gasteiger partial charge in [-0.3, -0.25) is 0 Å². The third-order valence-electron chi connectivity index (χ3n) is 3.95. The highest BCUT2D eigenvalue weighted by Crippen LogP contribution is 2.25. The van der Waals surface area contributed by atoms with Crippen LogP contribution < -0.4 is 11.1 Å². The Balaban J connectivity index is 1.78. The minimum Gasteiger partial charge on any atom is -0.383 e. The second kappa shape index (κ2) is 6.27. The van der Waals surface area contributed by atoms with Gasteiger partial charge in [0.25, 0.3) is 0 Å². The van der Waals surface area contributed by atoms with Gasteiger partial charge in [-0.25, -0.2) is 15.0 Å². The van der Waals surface area contributed by atoms with Crippen LogP contribution in [0, 0.1) is 3.57 Å². The number of nitrogens with one attached hydrogen (secondary N) is 1. The highest BCUT2D eigenvalue weighted by Gasteiger charge is 2.21. The van der Waals surface area contributed by atoms with E-state index in [-0.39, 0.29) is 0 Å². The number of methoxy groups -OCH3 is 1. The average Bonchev–Trinajstić information content (AvgIpc) is 2.52. The quantitative estimate of drug-likeness (QED) is 0.772. The highest BCUT2D eigenvalue weighted by atomic mass is 127. The van der Waals surface area contributed by atoms with Crippen LogP contribution in [0.2, 0.25) is 0 Å². The lowest BCUT2D eigenvalue weighted by Crippen LogP contribution is -2.29. The molecule has 112 valence electrons. The second-order valence-electron chi connectivity index (χ2n) is 5.30. The minimum atomic E-state index is 0.396. The molecule has 1 aliphatic carbocycles. The first-order chi connectivity index (χ1) is 10.2. The summed E-state index contributed by atoms with van der Waals surface area (Å²) in [4.78, 5) is 13.1. The molecule has 6 nitrogen and oxygen atoms in total. The Morgan fingerprint density at radius 1 is 1.24 bits per heavy atom. The Labute approximate surface area is 137 Å². The number of nitrogens with zero attached hydrogens (tertiary/aromatic N) is 3. The first kappa shape index (κ1) is 14.7. The van der Waals surface area contributed by atoms with Crippen molar-refractivity contribution < 1.29 is 4.74 Å². The molecule has 1 aliphatic rings. The summed E-state index contributed by atoms with van der Waals surface area (Å²) in [6.45, 7) is 0. The summed E-state index contributed by atoms with van der Waals surface area (Å²) in [5.41, 5.74) is 6.71. The lowest BCUT2D eigenvalue weighted by molar-refractivity contribution is 0.0681. The van der Waals surface area contributed by atoms with Crippen LogP contribution >= 0.6 is 22.6 Å². The smallest absolute Gasteiger partial charge is 0.223 e. The molecule has 1 fully saturated rings. The molecule has 2 aromatic heterocycles. The highest BCUT2D eigenvalue weighted by molar-refractivity contribution is 14.1. The zero-order valence-corrected chi connectivity index (χ0v) is 14.0. The van der Waals surface area contributed by atoms with Crippen LogP contribution in [0.4, 0.5) is 11.8 Å². The number of ether oxygens (including phenoxy) is 1. The third kappa shape index (κ3) is 3.18. The van der Waals surface area contributed by atoms with Gasteiger partial charge in [0.1, 0.15) is 5.82 Å². The normalized spacial score (nSPS) is 22.4. The number of anilines is 2. The van der Waals surface area contributed by atoms with E-state index in [1.165, 1.54) is 0 Å². The van der Waals surface area contributed by atoms with E-state index in [1.807, 2.05) is 0 Å². The lowest BCUT2D eigenvalue weighted by atomic mass is 9.93. The predicted octanol–water partition coefficient (Wildman–Crippen LogP) is 2.58. The molecule has 21 heavy (non-hydrogen) atoms. The van der Waals surface area contributed by atoms with Crippen LogP contribution in [-0.2, 0) is 4.74 Å². The molecule has 0 spiro atoms. The number of hydrogen-bond acceptors (Lipinski definition) is 6. The Hall–Kier alpha value is -1.22. The maximum absolute atomic E-state index is 5.86.